The summed E-state index contributed by atoms with van der Waals surface area (Å²) in [4.78, 5) is 81.9. The number of ether oxygens (including phenoxy) is 3. The Labute approximate surface area is 494 Å². The van der Waals surface area contributed by atoms with E-state index in [1.54, 1.807) is 59.2 Å². The maximum atomic E-state index is 13.2. The molecule has 0 bridgehead atoms. The summed E-state index contributed by atoms with van der Waals surface area (Å²) in [6, 6.07) is 16.2. The maximum Gasteiger partial charge on any atom is 0.471 e. The molecule has 462 valence electrons. The normalized spacial score (nSPS) is 19.0. The number of carbonyl (C=O) groups excluding carboxylic acids is 4. The Bertz CT molecular complexity index is 3250. The number of benzene rings is 2. The first-order valence-corrected chi connectivity index (χ1v) is 33.8. The minimum absolute atomic E-state index is 0.0193. The van der Waals surface area contributed by atoms with Crippen LogP contribution < -0.4 is 32.6 Å². The molecule has 29 heteroatoms. The Kier molecular flexibility index (Phi) is 23.7. The second kappa shape index (κ2) is 29.1. The predicted octanol–water partition coefficient (Wildman–Crippen LogP) is 7.74. The number of nitrogens with one attached hydrogen (secondary N) is 4. The first kappa shape index (κ1) is 69.1. The molecule has 20 nitrogen and oxygen atoms in total. The molecule has 2 fully saturated rings. The molecule has 85 heavy (non-hydrogen) atoms. The molecule has 2 aromatic heterocycles. The minimum Gasteiger partial charge on any atom is -0.414 e. The van der Waals surface area contributed by atoms with Crippen molar-refractivity contribution in [1.29, 1.82) is 0 Å². The third kappa shape index (κ3) is 19.7. The second-order valence-corrected chi connectivity index (χ2v) is 33.0. The van der Waals surface area contributed by atoms with Crippen molar-refractivity contribution in [2.75, 3.05) is 49.1 Å². The highest BCUT2D eigenvalue weighted by molar-refractivity contribution is 7.98. The molecule has 0 aliphatic carbocycles. The third-order valence-electron chi connectivity index (χ3n) is 14.3. The Balaban J connectivity index is 0.000000311. The number of hydrogen-bond donors (Lipinski definition) is 5. The molecule has 0 saturated carbocycles. The van der Waals surface area contributed by atoms with Gasteiger partial charge >= 0.3 is 35.5 Å². The highest BCUT2D eigenvalue weighted by atomic mass is 32.2. The number of aliphatic hydroxyl groups excluding tert-OH is 1. The van der Waals surface area contributed by atoms with Gasteiger partial charge in [0.05, 0.1) is 55.6 Å². The zero-order valence-corrected chi connectivity index (χ0v) is 51.6. The highest BCUT2D eigenvalue weighted by Crippen LogP contribution is 2.40. The van der Waals surface area contributed by atoms with Crippen molar-refractivity contribution in [2.24, 2.45) is 0 Å². The molecule has 6 atom stereocenters. The summed E-state index contributed by atoms with van der Waals surface area (Å²) in [7, 11) is -4.27. The first-order valence-electron chi connectivity index (χ1n) is 26.6. The van der Waals surface area contributed by atoms with Crippen molar-refractivity contribution in [1.82, 2.24) is 29.7 Å². The Morgan fingerprint density at radius 3 is 1.44 bits per heavy atom. The number of amides is 4. The van der Waals surface area contributed by atoms with Crippen LogP contribution in [0.4, 0.5) is 38.0 Å². The maximum absolute atomic E-state index is 13.2. The molecule has 6 rings (SSSR count). The zero-order valence-electron chi connectivity index (χ0n) is 48.7. The lowest BCUT2D eigenvalue weighted by atomic mass is 10.2. The van der Waals surface area contributed by atoms with Crippen molar-refractivity contribution < 1.29 is 73.7 Å². The number of anilines is 2. The molecular formula is C56H70F6N8O12SSi2. The van der Waals surface area contributed by atoms with Crippen LogP contribution in [0.3, 0.4) is 0 Å². The first-order chi connectivity index (χ1) is 39.5. The van der Waals surface area contributed by atoms with E-state index >= 15 is 0 Å². The van der Waals surface area contributed by atoms with E-state index in [0.717, 1.165) is 4.57 Å². The van der Waals surface area contributed by atoms with Gasteiger partial charge < -0.3 is 49.4 Å². The van der Waals surface area contributed by atoms with Gasteiger partial charge in [0.2, 0.25) is 0 Å². The molecule has 5 N–H and O–H groups in total. The van der Waals surface area contributed by atoms with Gasteiger partial charge in [0.15, 0.2) is 28.3 Å². The number of aromatic nitrogens is 4. The van der Waals surface area contributed by atoms with Gasteiger partial charge in [0.1, 0.15) is 24.7 Å². The highest BCUT2D eigenvalue weighted by Gasteiger charge is 2.44. The summed E-state index contributed by atoms with van der Waals surface area (Å²) in [6.45, 7) is 20.0. The molecule has 2 aliphatic rings. The van der Waals surface area contributed by atoms with Gasteiger partial charge in [-0.2, -0.15) is 36.3 Å². The number of aliphatic hydroxyl groups is 1. The number of carbonyl (C=O) groups is 4. The minimum atomic E-state index is -5.07. The standard InChI is InChI=1S/C29H37F3N4O6SSi.C27H33F3N4O6Si/c1-28(2,3)44(5,6)41-17-22-21(40-18-43-4)15-23(42-22)36-16-20(13-10-14-33-26(38)29(30,31)32)24(35-27(36)39)34-25(37)19-11-8-7-9-12-19;1-26(2,3)41(4,5)39-16-20-19(35)14-21(40-20)34-15-18(12-9-13-31-24(37)27(28,29)30)22(33-25(34)38)32-23(36)17-10-7-6-8-11-17/h7-9,11-12,16,21-23H,14-15,17-18H2,1-6H3,(H,33,38)(H,34,35,37,39);6-8,10-11,15,19-21,35H,13-14,16H2,1-5H3,(H,31,37)(H,32,33,36,38). The lowest BCUT2D eigenvalue weighted by molar-refractivity contribution is -0.173. The van der Waals surface area contributed by atoms with Crippen LogP contribution in [0.2, 0.25) is 36.3 Å². The monoisotopic (exact) mass is 1250 g/mol. The van der Waals surface area contributed by atoms with Crippen LogP contribution in [-0.4, -0.2) is 140 Å². The van der Waals surface area contributed by atoms with Crippen LogP contribution in [0.1, 0.15) is 98.7 Å². The van der Waals surface area contributed by atoms with Gasteiger partial charge in [-0.05, 0) is 66.8 Å². The zero-order chi connectivity index (χ0) is 63.3. The van der Waals surface area contributed by atoms with Gasteiger partial charge in [0, 0.05) is 36.4 Å². The molecule has 2 aromatic carbocycles. The van der Waals surface area contributed by atoms with Gasteiger partial charge in [-0.1, -0.05) is 102 Å². The van der Waals surface area contributed by atoms with Crippen LogP contribution in [0.5, 0.6) is 0 Å². The van der Waals surface area contributed by atoms with Crippen molar-refractivity contribution >= 4 is 63.7 Å². The number of nitrogens with zero attached hydrogens (tertiary/aromatic N) is 4. The van der Waals surface area contributed by atoms with Crippen molar-refractivity contribution in [2.45, 2.75) is 140 Å². The summed E-state index contributed by atoms with van der Waals surface area (Å²) in [5.41, 5.74) is -0.999. The number of thioether (sulfide) groups is 1. The number of alkyl halides is 6. The number of rotatable bonds is 17. The Hall–Kier alpha value is -6.68. The fourth-order valence-electron chi connectivity index (χ4n) is 7.39. The molecule has 4 heterocycles. The topological polar surface area (TPSA) is 253 Å². The molecule has 0 spiro atoms. The summed E-state index contributed by atoms with van der Waals surface area (Å²) >= 11 is 1.49. The summed E-state index contributed by atoms with van der Waals surface area (Å²) in [5.74, 6) is 4.44. The van der Waals surface area contributed by atoms with Crippen LogP contribution in [-0.2, 0) is 32.7 Å². The Morgan fingerprint density at radius 1 is 0.659 bits per heavy atom. The molecule has 2 saturated heterocycles. The fraction of sp³-hybridized carbons (Fsp3) is 0.500. The third-order valence-corrected chi connectivity index (χ3v) is 23.7. The van der Waals surface area contributed by atoms with Crippen LogP contribution in [0.15, 0.2) is 82.6 Å². The fourth-order valence-corrected chi connectivity index (χ4v) is 9.73. The lowest BCUT2D eigenvalue weighted by Crippen LogP contribution is -2.44. The second-order valence-electron chi connectivity index (χ2n) is 22.5. The number of hydrogen-bond acceptors (Lipinski definition) is 15. The van der Waals surface area contributed by atoms with Crippen molar-refractivity contribution in [3.63, 3.8) is 0 Å². The van der Waals surface area contributed by atoms with E-state index in [4.69, 9.17) is 23.1 Å². The molecule has 6 unspecified atom stereocenters. The summed E-state index contributed by atoms with van der Waals surface area (Å²) in [5, 5.41) is 18.8. The predicted molar refractivity (Wildman–Crippen MR) is 310 cm³/mol. The number of halogens is 6. The van der Waals surface area contributed by atoms with Crippen molar-refractivity contribution in [3.8, 4) is 23.7 Å². The quantitative estimate of drug-likeness (QED) is 0.0293. The lowest BCUT2D eigenvalue weighted by Gasteiger charge is -2.37. The smallest absolute Gasteiger partial charge is 0.414 e. The van der Waals surface area contributed by atoms with E-state index in [2.05, 4.69) is 112 Å². The molecule has 4 aromatic rings. The largest absolute Gasteiger partial charge is 0.471 e. The van der Waals surface area contributed by atoms with E-state index in [0.29, 0.717) is 5.94 Å². The van der Waals surface area contributed by atoms with Crippen LogP contribution >= 0.6 is 11.8 Å². The van der Waals surface area contributed by atoms with Gasteiger partial charge in [-0.25, -0.2) is 9.59 Å². The molecule has 2 aliphatic heterocycles. The van der Waals surface area contributed by atoms with Gasteiger partial charge in [0.25, 0.3) is 11.8 Å². The van der Waals surface area contributed by atoms with Gasteiger partial charge in [-0.15, -0.1) is 11.8 Å². The van der Waals surface area contributed by atoms with Crippen molar-refractivity contribution in [3.05, 3.63) is 116 Å². The van der Waals surface area contributed by atoms with Crippen LogP contribution in [0, 0.1) is 23.7 Å². The Morgan fingerprint density at radius 2 is 1.05 bits per heavy atom. The average Bonchev–Trinajstić information content (AvgIpc) is 2.70. The van der Waals surface area contributed by atoms with E-state index < -0.39 is 114 Å². The van der Waals surface area contributed by atoms with E-state index in [9.17, 15) is 60.2 Å². The van der Waals surface area contributed by atoms with E-state index in [1.807, 2.05) is 6.26 Å². The summed E-state index contributed by atoms with van der Waals surface area (Å²) in [6.07, 6.45) is -9.66. The average molecular weight is 1250 g/mol. The van der Waals surface area contributed by atoms with Crippen LogP contribution in [0.25, 0.3) is 0 Å². The van der Waals surface area contributed by atoms with Gasteiger partial charge in [-0.3, -0.25) is 28.3 Å². The summed E-state index contributed by atoms with van der Waals surface area (Å²) < 4.78 is 108. The molecule has 4 amide bonds. The molecular weight excluding hydrogens is 1180 g/mol. The molecule has 0 radical (unpaired) electrons. The van der Waals surface area contributed by atoms with E-state index in [-0.39, 0.29) is 70.0 Å². The SMILES string of the molecule is CC(C)(C)[Si](C)(C)OCC1OC(n2cc(C#CCNC(=O)C(F)(F)F)c(NC(=O)c3ccccc3)nc2=O)CC1O.CSCOC1CC(n2cc(C#CCNC(=O)C(F)(F)F)c(NC(=O)c3ccccc3)nc2=O)OC1CO[Si](C)(C)C(C)(C)C. The van der Waals surface area contributed by atoms with E-state index in [1.165, 1.54) is 40.9 Å².